The van der Waals surface area contributed by atoms with Crippen LogP contribution in [0.15, 0.2) is 42.6 Å². The van der Waals surface area contributed by atoms with Crippen molar-refractivity contribution >= 4 is 29.1 Å². The average molecular weight is 393 g/mol. The molecule has 0 spiro atoms. The molecule has 0 saturated carbocycles. The first-order chi connectivity index (χ1) is 12.6. The van der Waals surface area contributed by atoms with Crippen molar-refractivity contribution < 1.29 is 9.53 Å². The molecule has 1 saturated heterocycles. The first-order valence-corrected chi connectivity index (χ1v) is 9.55. The minimum Gasteiger partial charge on any atom is -0.376 e. The van der Waals surface area contributed by atoms with Crippen molar-refractivity contribution in [3.8, 4) is 0 Å². The number of rotatable bonds is 4. The van der Waals surface area contributed by atoms with Crippen LogP contribution < -0.4 is 0 Å². The molecule has 0 aliphatic carbocycles. The normalized spacial score (nSPS) is 20.4. The van der Waals surface area contributed by atoms with E-state index in [9.17, 15) is 4.79 Å². The molecule has 2 heterocycles. The number of carbonyl (C=O) groups excluding carboxylic acids is 1. The number of aromatic nitrogens is 1. The molecule has 1 aliphatic rings. The molecular weight excluding hydrogens is 371 g/mol. The van der Waals surface area contributed by atoms with Crippen LogP contribution in [-0.4, -0.2) is 42.1 Å². The lowest BCUT2D eigenvalue weighted by molar-refractivity contribution is 0.0224. The second kappa shape index (κ2) is 8.85. The van der Waals surface area contributed by atoms with Gasteiger partial charge in [0.2, 0.25) is 0 Å². The van der Waals surface area contributed by atoms with Crippen LogP contribution in [0.2, 0.25) is 10.0 Å². The van der Waals surface area contributed by atoms with Gasteiger partial charge in [-0.2, -0.15) is 0 Å². The quantitative estimate of drug-likeness (QED) is 0.749. The van der Waals surface area contributed by atoms with E-state index in [1.54, 1.807) is 30.3 Å². The number of pyridine rings is 1. The van der Waals surface area contributed by atoms with Crippen molar-refractivity contribution in [2.45, 2.75) is 31.3 Å². The SMILES string of the molecule is CN(C[C@H]1OCCCC[C@H]1c1ccc(Cl)c(Cl)c1)C(=O)c1ccccn1. The Morgan fingerprint density at radius 2 is 2.08 bits per heavy atom. The number of amides is 1. The number of likely N-dealkylation sites (N-methyl/N-ethyl adjacent to an activating group) is 1. The second-order valence-electron chi connectivity index (χ2n) is 6.59. The van der Waals surface area contributed by atoms with Gasteiger partial charge in [0, 0.05) is 32.3 Å². The lowest BCUT2D eigenvalue weighted by Gasteiger charge is -2.29. The standard InChI is InChI=1S/C20H22Cl2N2O2/c1-24(20(25)18-7-2-4-10-23-18)13-19-15(6-3-5-11-26-19)14-8-9-16(21)17(22)12-14/h2,4,7-10,12,15,19H,3,5-6,11,13H2,1H3/t15-,19+/m0/s1. The second-order valence-corrected chi connectivity index (χ2v) is 7.40. The van der Waals surface area contributed by atoms with Crippen molar-refractivity contribution in [2.75, 3.05) is 20.2 Å². The first kappa shape index (κ1) is 19.2. The van der Waals surface area contributed by atoms with Crippen molar-refractivity contribution in [3.05, 3.63) is 63.9 Å². The summed E-state index contributed by atoms with van der Waals surface area (Å²) in [5.74, 6) is 0.0672. The Balaban J connectivity index is 1.78. The van der Waals surface area contributed by atoms with Crippen LogP contribution in [0.5, 0.6) is 0 Å². The fourth-order valence-corrected chi connectivity index (χ4v) is 3.65. The highest BCUT2D eigenvalue weighted by Crippen LogP contribution is 2.34. The molecule has 0 unspecified atom stereocenters. The third-order valence-corrected chi connectivity index (χ3v) is 5.49. The van der Waals surface area contributed by atoms with Gasteiger partial charge in [-0.1, -0.05) is 41.8 Å². The predicted octanol–water partition coefficient (Wildman–Crippen LogP) is 4.81. The Morgan fingerprint density at radius 1 is 1.23 bits per heavy atom. The molecule has 0 bridgehead atoms. The summed E-state index contributed by atoms with van der Waals surface area (Å²) in [6.07, 6.45) is 4.63. The largest absolute Gasteiger partial charge is 0.376 e. The Bertz CT molecular complexity index is 755. The molecule has 1 aromatic carbocycles. The zero-order chi connectivity index (χ0) is 18.5. The smallest absolute Gasteiger partial charge is 0.272 e. The highest BCUT2D eigenvalue weighted by atomic mass is 35.5. The Labute approximate surface area is 164 Å². The molecule has 26 heavy (non-hydrogen) atoms. The van der Waals surface area contributed by atoms with Gasteiger partial charge in [-0.15, -0.1) is 0 Å². The third-order valence-electron chi connectivity index (χ3n) is 4.75. The number of benzene rings is 1. The maximum absolute atomic E-state index is 12.6. The molecule has 3 rings (SSSR count). The summed E-state index contributed by atoms with van der Waals surface area (Å²) in [4.78, 5) is 18.4. The number of halogens is 2. The fourth-order valence-electron chi connectivity index (χ4n) is 3.34. The van der Waals surface area contributed by atoms with Gasteiger partial charge in [0.25, 0.3) is 5.91 Å². The average Bonchev–Trinajstić information content (AvgIpc) is 2.89. The molecule has 1 aromatic heterocycles. The fraction of sp³-hybridized carbons (Fsp3) is 0.400. The molecule has 1 aliphatic heterocycles. The summed E-state index contributed by atoms with van der Waals surface area (Å²) in [5.41, 5.74) is 1.54. The van der Waals surface area contributed by atoms with E-state index in [0.29, 0.717) is 28.9 Å². The molecule has 1 fully saturated rings. The Hall–Kier alpha value is -1.62. The Morgan fingerprint density at radius 3 is 2.81 bits per heavy atom. The third kappa shape index (κ3) is 4.56. The van der Waals surface area contributed by atoms with Gasteiger partial charge < -0.3 is 9.64 Å². The van der Waals surface area contributed by atoms with E-state index in [-0.39, 0.29) is 17.9 Å². The van der Waals surface area contributed by atoms with Gasteiger partial charge in [-0.3, -0.25) is 9.78 Å². The molecule has 2 aromatic rings. The van der Waals surface area contributed by atoms with Crippen LogP contribution in [0.25, 0.3) is 0 Å². The van der Waals surface area contributed by atoms with Gasteiger partial charge in [-0.05, 0) is 42.7 Å². The van der Waals surface area contributed by atoms with E-state index < -0.39 is 0 Å². The van der Waals surface area contributed by atoms with Crippen molar-refractivity contribution in [1.82, 2.24) is 9.88 Å². The Kier molecular flexibility index (Phi) is 6.52. The van der Waals surface area contributed by atoms with Gasteiger partial charge in [0.1, 0.15) is 5.69 Å². The number of nitrogens with zero attached hydrogens (tertiary/aromatic N) is 2. The highest BCUT2D eigenvalue weighted by Gasteiger charge is 2.29. The summed E-state index contributed by atoms with van der Waals surface area (Å²) < 4.78 is 6.11. The molecule has 0 radical (unpaired) electrons. The van der Waals surface area contributed by atoms with Crippen LogP contribution in [0.4, 0.5) is 0 Å². The summed E-state index contributed by atoms with van der Waals surface area (Å²) in [7, 11) is 1.79. The molecular formula is C20H22Cl2N2O2. The van der Waals surface area contributed by atoms with Crippen LogP contribution in [0.3, 0.4) is 0 Å². The summed E-state index contributed by atoms with van der Waals surface area (Å²) in [5, 5.41) is 1.09. The van der Waals surface area contributed by atoms with Crippen molar-refractivity contribution in [1.29, 1.82) is 0 Å². The van der Waals surface area contributed by atoms with Gasteiger partial charge in [0.15, 0.2) is 0 Å². The number of ether oxygens (including phenoxy) is 1. The van der Waals surface area contributed by atoms with Crippen LogP contribution in [-0.2, 0) is 4.74 Å². The summed E-state index contributed by atoms with van der Waals surface area (Å²) in [6.45, 7) is 1.20. The van der Waals surface area contributed by atoms with Crippen molar-refractivity contribution in [2.24, 2.45) is 0 Å². The van der Waals surface area contributed by atoms with E-state index in [1.807, 2.05) is 24.3 Å². The minimum absolute atomic E-state index is 0.0904. The van der Waals surface area contributed by atoms with Crippen LogP contribution in [0, 0.1) is 0 Å². The van der Waals surface area contributed by atoms with Gasteiger partial charge >= 0.3 is 0 Å². The monoisotopic (exact) mass is 392 g/mol. The van der Waals surface area contributed by atoms with E-state index in [0.717, 1.165) is 24.8 Å². The lowest BCUT2D eigenvalue weighted by atomic mass is 9.89. The van der Waals surface area contributed by atoms with E-state index in [4.69, 9.17) is 27.9 Å². The molecule has 1 amide bonds. The van der Waals surface area contributed by atoms with Gasteiger partial charge in [0.05, 0.1) is 16.1 Å². The summed E-state index contributed by atoms with van der Waals surface area (Å²) >= 11 is 12.3. The molecule has 4 nitrogen and oxygen atoms in total. The highest BCUT2D eigenvalue weighted by molar-refractivity contribution is 6.42. The number of hydrogen-bond donors (Lipinski definition) is 0. The first-order valence-electron chi connectivity index (χ1n) is 8.79. The minimum atomic E-state index is -0.105. The number of hydrogen-bond acceptors (Lipinski definition) is 3. The van der Waals surface area contributed by atoms with Gasteiger partial charge in [-0.25, -0.2) is 0 Å². The van der Waals surface area contributed by atoms with Crippen LogP contribution >= 0.6 is 23.2 Å². The maximum atomic E-state index is 12.6. The molecule has 2 atom stereocenters. The molecule has 0 N–H and O–H groups in total. The van der Waals surface area contributed by atoms with Crippen molar-refractivity contribution in [3.63, 3.8) is 0 Å². The topological polar surface area (TPSA) is 42.4 Å². The maximum Gasteiger partial charge on any atom is 0.272 e. The molecule has 6 heteroatoms. The molecule has 138 valence electrons. The zero-order valence-electron chi connectivity index (χ0n) is 14.7. The van der Waals surface area contributed by atoms with E-state index >= 15 is 0 Å². The summed E-state index contributed by atoms with van der Waals surface area (Å²) in [6, 6.07) is 11.1. The zero-order valence-corrected chi connectivity index (χ0v) is 16.2. The van der Waals surface area contributed by atoms with E-state index in [2.05, 4.69) is 4.98 Å². The number of carbonyl (C=O) groups is 1. The van der Waals surface area contributed by atoms with E-state index in [1.165, 1.54) is 0 Å². The van der Waals surface area contributed by atoms with Crippen LogP contribution in [0.1, 0.15) is 41.2 Å². The lowest BCUT2D eigenvalue weighted by Crippen LogP contribution is -2.38. The predicted molar refractivity (Wildman–Crippen MR) is 104 cm³/mol.